The van der Waals surface area contributed by atoms with Crippen molar-refractivity contribution in [2.45, 2.75) is 71.3 Å². The first kappa shape index (κ1) is 16.0. The van der Waals surface area contributed by atoms with E-state index in [-0.39, 0.29) is 17.9 Å². The lowest BCUT2D eigenvalue weighted by atomic mass is 9.93. The van der Waals surface area contributed by atoms with Crippen LogP contribution in [-0.4, -0.2) is 23.0 Å². The fourth-order valence-electron chi connectivity index (χ4n) is 2.74. The van der Waals surface area contributed by atoms with Crippen molar-refractivity contribution in [3.63, 3.8) is 0 Å². The Labute approximate surface area is 116 Å². The third-order valence-corrected chi connectivity index (χ3v) is 4.10. The lowest BCUT2D eigenvalue weighted by molar-refractivity contribution is -0.143. The van der Waals surface area contributed by atoms with Gasteiger partial charge in [0, 0.05) is 12.0 Å². The van der Waals surface area contributed by atoms with Gasteiger partial charge in [0.25, 0.3) is 0 Å². The second kappa shape index (κ2) is 8.18. The van der Waals surface area contributed by atoms with Crippen molar-refractivity contribution >= 4 is 11.9 Å². The molecule has 0 bridgehead atoms. The van der Waals surface area contributed by atoms with Gasteiger partial charge in [0.15, 0.2) is 0 Å². The molecule has 3 atom stereocenters. The summed E-state index contributed by atoms with van der Waals surface area (Å²) in [5.74, 6) is -1.18. The topological polar surface area (TPSA) is 66.4 Å². The van der Waals surface area contributed by atoms with Crippen LogP contribution in [-0.2, 0) is 9.59 Å². The minimum atomic E-state index is -0.770. The summed E-state index contributed by atoms with van der Waals surface area (Å²) in [5, 5.41) is 12.3. The summed E-state index contributed by atoms with van der Waals surface area (Å²) in [6.45, 7) is 4.04. The summed E-state index contributed by atoms with van der Waals surface area (Å²) in [6.07, 6.45) is 7.52. The Hall–Kier alpha value is -1.06. The zero-order chi connectivity index (χ0) is 14.3. The standard InChI is InChI=1S/C15H27NO3/c1-3-4-8-11(2)14(17)16-13-10-7-5-6-9-12(13)15(18)19/h11-13H,3-10H2,1-2H3,(H,16,17)(H,18,19). The average Bonchev–Trinajstić information content (AvgIpc) is 2.61. The predicted molar refractivity (Wildman–Crippen MR) is 74.8 cm³/mol. The highest BCUT2D eigenvalue weighted by molar-refractivity contribution is 5.80. The number of hydrogen-bond acceptors (Lipinski definition) is 2. The molecule has 1 rings (SSSR count). The predicted octanol–water partition coefficient (Wildman–Crippen LogP) is 2.96. The van der Waals surface area contributed by atoms with Crippen LogP contribution in [0.4, 0.5) is 0 Å². The van der Waals surface area contributed by atoms with Crippen molar-refractivity contribution in [3.8, 4) is 0 Å². The zero-order valence-corrected chi connectivity index (χ0v) is 12.2. The molecule has 0 aromatic rings. The van der Waals surface area contributed by atoms with Crippen LogP contribution in [0.2, 0.25) is 0 Å². The van der Waals surface area contributed by atoms with Gasteiger partial charge >= 0.3 is 5.97 Å². The van der Waals surface area contributed by atoms with Gasteiger partial charge in [0.1, 0.15) is 0 Å². The number of aliphatic carboxylic acids is 1. The van der Waals surface area contributed by atoms with Crippen molar-refractivity contribution in [2.75, 3.05) is 0 Å². The summed E-state index contributed by atoms with van der Waals surface area (Å²) in [6, 6.07) is -0.184. The number of amides is 1. The Bertz CT molecular complexity index is 304. The third-order valence-electron chi connectivity index (χ3n) is 4.10. The van der Waals surface area contributed by atoms with Crippen molar-refractivity contribution < 1.29 is 14.7 Å². The Morgan fingerprint density at radius 1 is 1.26 bits per heavy atom. The van der Waals surface area contributed by atoms with Gasteiger partial charge in [-0.25, -0.2) is 0 Å². The maximum atomic E-state index is 12.1. The number of nitrogens with one attached hydrogen (secondary N) is 1. The van der Waals surface area contributed by atoms with E-state index < -0.39 is 11.9 Å². The molecule has 1 saturated carbocycles. The molecule has 110 valence electrons. The molecule has 1 aliphatic rings. The second-order valence-corrected chi connectivity index (χ2v) is 5.74. The molecule has 0 spiro atoms. The highest BCUT2D eigenvalue weighted by atomic mass is 16.4. The monoisotopic (exact) mass is 269 g/mol. The Kier molecular flexibility index (Phi) is 6.89. The molecule has 2 N–H and O–H groups in total. The molecule has 0 radical (unpaired) electrons. The van der Waals surface area contributed by atoms with Gasteiger partial charge in [-0.3, -0.25) is 9.59 Å². The van der Waals surface area contributed by atoms with Crippen molar-refractivity contribution in [1.82, 2.24) is 5.32 Å². The Morgan fingerprint density at radius 2 is 1.95 bits per heavy atom. The zero-order valence-electron chi connectivity index (χ0n) is 12.2. The van der Waals surface area contributed by atoms with Gasteiger partial charge < -0.3 is 10.4 Å². The molecule has 0 saturated heterocycles. The molecule has 4 heteroatoms. The molecule has 1 amide bonds. The van der Waals surface area contributed by atoms with Gasteiger partial charge in [0.05, 0.1) is 5.92 Å². The number of carboxylic acid groups (broad SMARTS) is 1. The highest BCUT2D eigenvalue weighted by Gasteiger charge is 2.31. The van der Waals surface area contributed by atoms with E-state index in [0.717, 1.165) is 44.9 Å². The molecule has 4 nitrogen and oxygen atoms in total. The van der Waals surface area contributed by atoms with Crippen LogP contribution in [0.15, 0.2) is 0 Å². The Morgan fingerprint density at radius 3 is 2.58 bits per heavy atom. The van der Waals surface area contributed by atoms with E-state index in [1.54, 1.807) is 0 Å². The first-order chi connectivity index (χ1) is 9.06. The fourth-order valence-corrected chi connectivity index (χ4v) is 2.74. The van der Waals surface area contributed by atoms with Gasteiger partial charge in [-0.2, -0.15) is 0 Å². The molecule has 1 fully saturated rings. The van der Waals surface area contributed by atoms with E-state index in [9.17, 15) is 14.7 Å². The number of rotatable bonds is 6. The third kappa shape index (κ3) is 5.21. The molecule has 0 aromatic carbocycles. The minimum absolute atomic E-state index is 0.0161. The average molecular weight is 269 g/mol. The molecule has 0 aliphatic heterocycles. The summed E-state index contributed by atoms with van der Waals surface area (Å²) < 4.78 is 0. The molecule has 3 unspecified atom stereocenters. The molecule has 19 heavy (non-hydrogen) atoms. The summed E-state index contributed by atoms with van der Waals surface area (Å²) in [4.78, 5) is 23.4. The van der Waals surface area contributed by atoms with Crippen molar-refractivity contribution in [2.24, 2.45) is 11.8 Å². The number of carboxylic acids is 1. The minimum Gasteiger partial charge on any atom is -0.481 e. The van der Waals surface area contributed by atoms with Crippen LogP contribution in [0, 0.1) is 11.8 Å². The first-order valence-corrected chi connectivity index (χ1v) is 7.59. The fraction of sp³-hybridized carbons (Fsp3) is 0.867. The van der Waals surface area contributed by atoms with E-state index in [2.05, 4.69) is 12.2 Å². The highest BCUT2D eigenvalue weighted by Crippen LogP contribution is 2.24. The van der Waals surface area contributed by atoms with E-state index in [1.807, 2.05) is 6.92 Å². The largest absolute Gasteiger partial charge is 0.481 e. The number of unbranched alkanes of at least 4 members (excludes halogenated alkanes) is 1. The number of carbonyl (C=O) groups excluding carboxylic acids is 1. The van der Waals surface area contributed by atoms with Crippen LogP contribution in [0.1, 0.15) is 65.2 Å². The van der Waals surface area contributed by atoms with Gasteiger partial charge in [-0.15, -0.1) is 0 Å². The van der Waals surface area contributed by atoms with Gasteiger partial charge in [-0.1, -0.05) is 46.0 Å². The normalized spacial score (nSPS) is 25.4. The SMILES string of the molecule is CCCCC(C)C(=O)NC1CCCCCC1C(=O)O. The maximum Gasteiger partial charge on any atom is 0.308 e. The van der Waals surface area contributed by atoms with E-state index >= 15 is 0 Å². The van der Waals surface area contributed by atoms with E-state index in [0.29, 0.717) is 6.42 Å². The summed E-state index contributed by atoms with van der Waals surface area (Å²) in [7, 11) is 0. The molecule has 0 aromatic heterocycles. The van der Waals surface area contributed by atoms with Crippen LogP contribution < -0.4 is 5.32 Å². The quantitative estimate of drug-likeness (QED) is 0.728. The summed E-state index contributed by atoms with van der Waals surface area (Å²) >= 11 is 0. The van der Waals surface area contributed by atoms with E-state index in [4.69, 9.17) is 0 Å². The molecule has 1 aliphatic carbocycles. The van der Waals surface area contributed by atoms with E-state index in [1.165, 1.54) is 0 Å². The van der Waals surface area contributed by atoms with Crippen LogP contribution in [0.5, 0.6) is 0 Å². The first-order valence-electron chi connectivity index (χ1n) is 7.59. The Balaban J connectivity index is 2.55. The van der Waals surface area contributed by atoms with Crippen molar-refractivity contribution in [1.29, 1.82) is 0 Å². The molecular weight excluding hydrogens is 242 g/mol. The van der Waals surface area contributed by atoms with Crippen LogP contribution in [0.3, 0.4) is 0 Å². The van der Waals surface area contributed by atoms with Gasteiger partial charge in [0.2, 0.25) is 5.91 Å². The van der Waals surface area contributed by atoms with Crippen LogP contribution in [0.25, 0.3) is 0 Å². The maximum absolute atomic E-state index is 12.1. The molecule has 0 heterocycles. The number of hydrogen-bond donors (Lipinski definition) is 2. The lowest BCUT2D eigenvalue weighted by Crippen LogP contribution is -2.44. The van der Waals surface area contributed by atoms with Gasteiger partial charge in [-0.05, 0) is 19.3 Å². The van der Waals surface area contributed by atoms with Crippen molar-refractivity contribution in [3.05, 3.63) is 0 Å². The second-order valence-electron chi connectivity index (χ2n) is 5.74. The lowest BCUT2D eigenvalue weighted by Gasteiger charge is -2.24. The van der Waals surface area contributed by atoms with Crippen LogP contribution >= 0.6 is 0 Å². The molecular formula is C15H27NO3. The summed E-state index contributed by atoms with van der Waals surface area (Å²) in [5.41, 5.74) is 0. The smallest absolute Gasteiger partial charge is 0.308 e. The number of carbonyl (C=O) groups is 2.